The molecule has 4 fully saturated rings. The maximum atomic E-state index is 10.5. The second-order valence-corrected chi connectivity index (χ2v) is 11.3. The lowest BCUT2D eigenvalue weighted by atomic mass is 9.33. The molecule has 0 bridgehead atoms. The maximum absolute atomic E-state index is 10.5. The van der Waals surface area contributed by atoms with Gasteiger partial charge >= 0.3 is 0 Å². The van der Waals surface area contributed by atoms with E-state index in [-0.39, 0.29) is 6.10 Å². The molecule has 0 aromatic heterocycles. The first kappa shape index (κ1) is 20.2. The van der Waals surface area contributed by atoms with Gasteiger partial charge in [0, 0.05) is 6.61 Å². The lowest BCUT2D eigenvalue weighted by Gasteiger charge is -2.72. The number of rotatable bonds is 7. The van der Waals surface area contributed by atoms with Gasteiger partial charge in [-0.05, 0) is 104 Å². The van der Waals surface area contributed by atoms with Crippen LogP contribution in [-0.2, 0) is 0 Å². The summed E-state index contributed by atoms with van der Waals surface area (Å²) in [6, 6.07) is 0. The fraction of sp³-hybridized carbons (Fsp3) is 1.00. The van der Waals surface area contributed by atoms with Gasteiger partial charge in [-0.3, -0.25) is 0 Å². The molecule has 4 aliphatic rings. The standard InChI is InChI=1S/C25H44O2/c1-4-18-9-8-16(2)10-20(18)11-21-12-22-13-23(17(3)15-26)25(21,22)14-19-6-5-7-24(19)27/h16-24,26-27H,4-15H2,1-3H3. The summed E-state index contributed by atoms with van der Waals surface area (Å²) >= 11 is 0. The van der Waals surface area contributed by atoms with Crippen LogP contribution in [0.25, 0.3) is 0 Å². The molecule has 156 valence electrons. The minimum absolute atomic E-state index is 0.0509. The lowest BCUT2D eigenvalue weighted by Crippen LogP contribution is -2.65. The van der Waals surface area contributed by atoms with Crippen LogP contribution in [0.4, 0.5) is 0 Å². The molecular formula is C25H44O2. The topological polar surface area (TPSA) is 40.5 Å². The Morgan fingerprint density at radius 3 is 2.44 bits per heavy atom. The van der Waals surface area contributed by atoms with E-state index < -0.39 is 0 Å². The van der Waals surface area contributed by atoms with E-state index in [9.17, 15) is 10.2 Å². The van der Waals surface area contributed by atoms with Gasteiger partial charge in [0.05, 0.1) is 6.10 Å². The van der Waals surface area contributed by atoms with Crippen LogP contribution in [0.3, 0.4) is 0 Å². The fourth-order valence-corrected chi connectivity index (χ4v) is 8.39. The minimum atomic E-state index is -0.0509. The third kappa shape index (κ3) is 3.41. The van der Waals surface area contributed by atoms with Gasteiger partial charge in [-0.2, -0.15) is 0 Å². The van der Waals surface area contributed by atoms with Gasteiger partial charge in [0.15, 0.2) is 0 Å². The first-order valence-corrected chi connectivity index (χ1v) is 12.3. The van der Waals surface area contributed by atoms with Crippen molar-refractivity contribution in [2.24, 2.45) is 52.8 Å². The van der Waals surface area contributed by atoms with Crippen molar-refractivity contribution in [3.05, 3.63) is 0 Å². The summed E-state index contributed by atoms with van der Waals surface area (Å²) < 4.78 is 0. The summed E-state index contributed by atoms with van der Waals surface area (Å²) in [6.07, 6.45) is 14.6. The normalized spacial score (nSPS) is 50.6. The first-order chi connectivity index (χ1) is 13.0. The Morgan fingerprint density at radius 2 is 1.81 bits per heavy atom. The van der Waals surface area contributed by atoms with Crippen molar-refractivity contribution < 1.29 is 10.2 Å². The molecule has 2 N–H and O–H groups in total. The highest BCUT2D eigenvalue weighted by Gasteiger charge is 2.67. The number of hydrogen-bond acceptors (Lipinski definition) is 2. The summed E-state index contributed by atoms with van der Waals surface area (Å²) in [7, 11) is 0. The molecule has 2 nitrogen and oxygen atoms in total. The van der Waals surface area contributed by atoms with Crippen molar-refractivity contribution in [3.63, 3.8) is 0 Å². The Hall–Kier alpha value is -0.0800. The van der Waals surface area contributed by atoms with E-state index >= 15 is 0 Å². The van der Waals surface area contributed by atoms with Gasteiger partial charge in [-0.1, -0.05) is 40.0 Å². The Balaban J connectivity index is 1.51. The third-order valence-electron chi connectivity index (χ3n) is 10.0. The van der Waals surface area contributed by atoms with E-state index in [1.165, 1.54) is 64.2 Å². The van der Waals surface area contributed by atoms with Crippen molar-refractivity contribution in [1.29, 1.82) is 0 Å². The molecule has 0 aliphatic heterocycles. The summed E-state index contributed by atoms with van der Waals surface area (Å²) in [6.45, 7) is 7.49. The number of fused-ring (bicyclic) bond motifs is 1. The van der Waals surface area contributed by atoms with E-state index in [4.69, 9.17) is 0 Å². The largest absolute Gasteiger partial charge is 0.396 e. The Morgan fingerprint density at radius 1 is 1.00 bits per heavy atom. The molecule has 4 rings (SSSR count). The van der Waals surface area contributed by atoms with Crippen molar-refractivity contribution in [3.8, 4) is 0 Å². The highest BCUT2D eigenvalue weighted by molar-refractivity contribution is 5.16. The van der Waals surface area contributed by atoms with Crippen LogP contribution < -0.4 is 0 Å². The molecule has 0 spiro atoms. The van der Waals surface area contributed by atoms with Crippen LogP contribution in [0.1, 0.15) is 91.4 Å². The minimum Gasteiger partial charge on any atom is -0.396 e. The smallest absolute Gasteiger partial charge is 0.0568 e. The molecule has 0 amide bonds. The van der Waals surface area contributed by atoms with E-state index in [2.05, 4.69) is 20.8 Å². The van der Waals surface area contributed by atoms with E-state index in [1.54, 1.807) is 0 Å². The predicted molar refractivity (Wildman–Crippen MR) is 111 cm³/mol. The molecule has 4 saturated carbocycles. The predicted octanol–water partition coefficient (Wildman–Crippen LogP) is 5.66. The van der Waals surface area contributed by atoms with Crippen molar-refractivity contribution >= 4 is 0 Å². The summed E-state index contributed by atoms with van der Waals surface area (Å²) in [4.78, 5) is 0. The van der Waals surface area contributed by atoms with E-state index in [0.717, 1.165) is 36.0 Å². The Labute approximate surface area is 167 Å². The van der Waals surface area contributed by atoms with Crippen LogP contribution in [0.5, 0.6) is 0 Å². The van der Waals surface area contributed by atoms with E-state index in [0.29, 0.717) is 29.8 Å². The third-order valence-corrected chi connectivity index (χ3v) is 10.0. The van der Waals surface area contributed by atoms with Gasteiger partial charge in [-0.15, -0.1) is 0 Å². The summed E-state index contributed by atoms with van der Waals surface area (Å²) in [5.41, 5.74) is 0.469. The Kier molecular flexibility index (Phi) is 5.97. The van der Waals surface area contributed by atoms with Crippen LogP contribution >= 0.6 is 0 Å². The van der Waals surface area contributed by atoms with Crippen molar-refractivity contribution in [2.75, 3.05) is 6.61 Å². The average molecular weight is 377 g/mol. The van der Waals surface area contributed by atoms with Crippen molar-refractivity contribution in [2.45, 2.75) is 97.5 Å². The summed E-state index contributed by atoms with van der Waals surface area (Å²) in [5.74, 6) is 6.24. The molecule has 27 heavy (non-hydrogen) atoms. The molecule has 10 atom stereocenters. The Bertz CT molecular complexity index is 505. The second kappa shape index (κ2) is 7.98. The zero-order valence-corrected chi connectivity index (χ0v) is 18.1. The highest BCUT2D eigenvalue weighted by atomic mass is 16.3. The summed E-state index contributed by atoms with van der Waals surface area (Å²) in [5, 5.41) is 20.4. The van der Waals surface area contributed by atoms with E-state index in [1.807, 2.05) is 0 Å². The van der Waals surface area contributed by atoms with Crippen LogP contribution in [-0.4, -0.2) is 22.9 Å². The molecular weight excluding hydrogens is 332 g/mol. The molecule has 2 heteroatoms. The van der Waals surface area contributed by atoms with Gasteiger partial charge in [-0.25, -0.2) is 0 Å². The van der Waals surface area contributed by atoms with Crippen LogP contribution in [0.15, 0.2) is 0 Å². The SMILES string of the molecule is CCC1CCC(C)CC1CC1CC2CC(C(C)CO)C12CC1CCCC1O. The van der Waals surface area contributed by atoms with Gasteiger partial charge in [0.2, 0.25) is 0 Å². The molecule has 0 heterocycles. The number of aliphatic hydroxyl groups is 2. The first-order valence-electron chi connectivity index (χ1n) is 12.3. The zero-order valence-electron chi connectivity index (χ0n) is 18.1. The quantitative estimate of drug-likeness (QED) is 0.602. The molecule has 0 saturated heterocycles. The second-order valence-electron chi connectivity index (χ2n) is 11.3. The zero-order chi connectivity index (χ0) is 19.2. The molecule has 0 radical (unpaired) electrons. The molecule has 4 aliphatic carbocycles. The average Bonchev–Trinajstić information content (AvgIpc) is 3.06. The van der Waals surface area contributed by atoms with Gasteiger partial charge < -0.3 is 10.2 Å². The van der Waals surface area contributed by atoms with Gasteiger partial charge in [0.25, 0.3) is 0 Å². The lowest BCUT2D eigenvalue weighted by molar-refractivity contribution is -0.239. The monoisotopic (exact) mass is 376 g/mol. The number of hydrogen-bond donors (Lipinski definition) is 2. The number of aliphatic hydroxyl groups excluding tert-OH is 2. The van der Waals surface area contributed by atoms with Crippen LogP contribution in [0, 0.1) is 52.8 Å². The van der Waals surface area contributed by atoms with Crippen molar-refractivity contribution in [1.82, 2.24) is 0 Å². The van der Waals surface area contributed by atoms with Gasteiger partial charge in [0.1, 0.15) is 0 Å². The molecule has 0 aromatic carbocycles. The molecule has 0 aromatic rings. The highest BCUT2D eigenvalue weighted by Crippen LogP contribution is 2.74. The fourth-order valence-electron chi connectivity index (χ4n) is 8.39. The molecule has 10 unspecified atom stereocenters. The maximum Gasteiger partial charge on any atom is 0.0568 e. The van der Waals surface area contributed by atoms with Crippen LogP contribution in [0.2, 0.25) is 0 Å².